The van der Waals surface area contributed by atoms with Gasteiger partial charge in [0.2, 0.25) is 11.7 Å². The second kappa shape index (κ2) is 6.27. The Hall–Kier alpha value is -3.00. The lowest BCUT2D eigenvalue weighted by Gasteiger charge is -2.33. The van der Waals surface area contributed by atoms with E-state index in [1.165, 1.54) is 0 Å². The molecule has 4 heterocycles. The van der Waals surface area contributed by atoms with Gasteiger partial charge in [-0.25, -0.2) is 19.5 Å². The van der Waals surface area contributed by atoms with Gasteiger partial charge in [-0.2, -0.15) is 0 Å². The van der Waals surface area contributed by atoms with Crippen LogP contribution in [0.5, 0.6) is 0 Å². The highest BCUT2D eigenvalue weighted by atomic mass is 16.3. The number of fused-ring (bicyclic) bond motifs is 2. The van der Waals surface area contributed by atoms with Crippen LogP contribution in [-0.4, -0.2) is 45.7 Å². The molecule has 8 heteroatoms. The standard InChI is InChI=1S/C20H23N7O/c1-13-9-22-19-23-10-14(12-26(13)19)16-5-8-27-17(16)11-21-18(25-27)24-15-3-6-20(2,28)7-4-15/h5,8-12,15,28H,3-4,6-7H2,1-2H3,(H,24,25). The van der Waals surface area contributed by atoms with Crippen molar-refractivity contribution in [3.63, 3.8) is 0 Å². The second-order valence-corrected chi connectivity index (χ2v) is 7.97. The van der Waals surface area contributed by atoms with Crippen molar-refractivity contribution in [2.45, 2.75) is 51.2 Å². The smallest absolute Gasteiger partial charge is 0.241 e. The third-order valence-corrected chi connectivity index (χ3v) is 5.67. The molecule has 144 valence electrons. The van der Waals surface area contributed by atoms with Gasteiger partial charge < -0.3 is 10.4 Å². The molecule has 0 atom stereocenters. The minimum atomic E-state index is -0.541. The SMILES string of the molecule is Cc1cnc2ncc(-c3ccn4nc(NC5CCC(C)(O)CC5)ncc34)cn12. The topological polar surface area (TPSA) is 92.6 Å². The molecule has 1 aliphatic rings. The Morgan fingerprint density at radius 3 is 2.75 bits per heavy atom. The van der Waals surface area contributed by atoms with E-state index in [0.717, 1.165) is 48.0 Å². The van der Waals surface area contributed by atoms with Gasteiger partial charge in [0.05, 0.1) is 23.5 Å². The number of aliphatic hydroxyl groups is 1. The van der Waals surface area contributed by atoms with Crippen LogP contribution in [0.3, 0.4) is 0 Å². The first-order valence-electron chi connectivity index (χ1n) is 9.62. The van der Waals surface area contributed by atoms with E-state index < -0.39 is 5.60 Å². The first-order chi connectivity index (χ1) is 13.5. The minimum absolute atomic E-state index is 0.295. The summed E-state index contributed by atoms with van der Waals surface area (Å²) in [6.45, 7) is 3.92. The fourth-order valence-electron chi connectivity index (χ4n) is 3.90. The lowest BCUT2D eigenvalue weighted by atomic mass is 9.84. The summed E-state index contributed by atoms with van der Waals surface area (Å²) in [6.07, 6.45) is 12.9. The van der Waals surface area contributed by atoms with E-state index >= 15 is 0 Å². The maximum atomic E-state index is 10.1. The van der Waals surface area contributed by atoms with Crippen LogP contribution in [0.2, 0.25) is 0 Å². The predicted octanol–water partition coefficient (Wildman–Crippen LogP) is 2.85. The minimum Gasteiger partial charge on any atom is -0.390 e. The molecule has 0 bridgehead atoms. The summed E-state index contributed by atoms with van der Waals surface area (Å²) < 4.78 is 3.82. The first-order valence-corrected chi connectivity index (χ1v) is 9.62. The summed E-state index contributed by atoms with van der Waals surface area (Å²) in [4.78, 5) is 13.2. The summed E-state index contributed by atoms with van der Waals surface area (Å²) in [6, 6.07) is 2.32. The highest BCUT2D eigenvalue weighted by Crippen LogP contribution is 2.29. The van der Waals surface area contributed by atoms with E-state index in [1.807, 2.05) is 59.8 Å². The number of anilines is 1. The zero-order chi connectivity index (χ0) is 19.3. The van der Waals surface area contributed by atoms with Gasteiger partial charge in [0.1, 0.15) is 0 Å². The van der Waals surface area contributed by atoms with Crippen molar-refractivity contribution in [3.05, 3.63) is 42.7 Å². The quantitative estimate of drug-likeness (QED) is 0.570. The molecule has 2 N–H and O–H groups in total. The molecule has 8 nitrogen and oxygen atoms in total. The summed E-state index contributed by atoms with van der Waals surface area (Å²) in [5.74, 6) is 1.30. The fraction of sp³-hybridized carbons (Fsp3) is 0.400. The summed E-state index contributed by atoms with van der Waals surface area (Å²) in [5, 5.41) is 18.1. The Kier molecular flexibility index (Phi) is 3.83. The summed E-state index contributed by atoms with van der Waals surface area (Å²) in [7, 11) is 0. The molecule has 1 fully saturated rings. The number of nitrogens with zero attached hydrogens (tertiary/aromatic N) is 6. The molecular weight excluding hydrogens is 354 g/mol. The molecule has 5 rings (SSSR count). The van der Waals surface area contributed by atoms with Crippen molar-refractivity contribution in [1.29, 1.82) is 0 Å². The maximum Gasteiger partial charge on any atom is 0.241 e. The number of aryl methyl sites for hydroxylation is 1. The van der Waals surface area contributed by atoms with E-state index in [9.17, 15) is 5.11 Å². The fourth-order valence-corrected chi connectivity index (χ4v) is 3.90. The summed E-state index contributed by atoms with van der Waals surface area (Å²) >= 11 is 0. The normalized spacial score (nSPS) is 22.8. The van der Waals surface area contributed by atoms with Crippen LogP contribution in [0.25, 0.3) is 22.4 Å². The van der Waals surface area contributed by atoms with E-state index in [1.54, 1.807) is 0 Å². The van der Waals surface area contributed by atoms with Crippen molar-refractivity contribution in [2.75, 3.05) is 5.32 Å². The first kappa shape index (κ1) is 17.1. The second-order valence-electron chi connectivity index (χ2n) is 7.97. The van der Waals surface area contributed by atoms with Crippen LogP contribution in [0.15, 0.2) is 37.1 Å². The number of imidazole rings is 1. The lowest BCUT2D eigenvalue weighted by molar-refractivity contribution is 0.0195. The monoisotopic (exact) mass is 377 g/mol. The van der Waals surface area contributed by atoms with Crippen LogP contribution in [0, 0.1) is 6.92 Å². The van der Waals surface area contributed by atoms with E-state index in [2.05, 4.69) is 25.4 Å². The van der Waals surface area contributed by atoms with Gasteiger partial charge in [-0.1, -0.05) is 0 Å². The molecule has 0 spiro atoms. The Morgan fingerprint density at radius 2 is 1.93 bits per heavy atom. The molecule has 0 radical (unpaired) electrons. The molecule has 28 heavy (non-hydrogen) atoms. The van der Waals surface area contributed by atoms with Gasteiger partial charge in [0, 0.05) is 41.5 Å². The molecule has 0 amide bonds. The molecule has 0 aliphatic heterocycles. The highest BCUT2D eigenvalue weighted by molar-refractivity contribution is 5.79. The van der Waals surface area contributed by atoms with Crippen LogP contribution in [0.1, 0.15) is 38.3 Å². The van der Waals surface area contributed by atoms with Crippen molar-refractivity contribution >= 4 is 17.2 Å². The molecular formula is C20H23N7O. The number of hydrogen-bond acceptors (Lipinski definition) is 6. The van der Waals surface area contributed by atoms with Gasteiger partial charge in [0.15, 0.2) is 0 Å². The van der Waals surface area contributed by atoms with Crippen molar-refractivity contribution in [1.82, 2.24) is 29.0 Å². The van der Waals surface area contributed by atoms with E-state index in [-0.39, 0.29) is 0 Å². The number of aromatic nitrogens is 6. The van der Waals surface area contributed by atoms with Crippen LogP contribution >= 0.6 is 0 Å². The van der Waals surface area contributed by atoms with E-state index in [0.29, 0.717) is 17.8 Å². The van der Waals surface area contributed by atoms with Crippen LogP contribution in [0.4, 0.5) is 5.95 Å². The van der Waals surface area contributed by atoms with Gasteiger partial charge in [-0.15, -0.1) is 5.10 Å². The lowest BCUT2D eigenvalue weighted by Crippen LogP contribution is -2.36. The Morgan fingerprint density at radius 1 is 1.14 bits per heavy atom. The molecule has 0 unspecified atom stereocenters. The zero-order valence-corrected chi connectivity index (χ0v) is 16.0. The van der Waals surface area contributed by atoms with E-state index in [4.69, 9.17) is 0 Å². The molecule has 0 saturated heterocycles. The van der Waals surface area contributed by atoms with Gasteiger partial charge in [-0.3, -0.25) is 4.40 Å². The van der Waals surface area contributed by atoms with Crippen LogP contribution < -0.4 is 5.32 Å². The zero-order valence-electron chi connectivity index (χ0n) is 16.0. The third kappa shape index (κ3) is 2.99. The Labute approximate surface area is 162 Å². The highest BCUT2D eigenvalue weighted by Gasteiger charge is 2.28. The average Bonchev–Trinajstić information content (AvgIpc) is 3.27. The molecule has 0 aromatic carbocycles. The van der Waals surface area contributed by atoms with Crippen molar-refractivity contribution < 1.29 is 5.11 Å². The predicted molar refractivity (Wildman–Crippen MR) is 106 cm³/mol. The number of rotatable bonds is 3. The Balaban J connectivity index is 1.42. The molecule has 4 aromatic rings. The van der Waals surface area contributed by atoms with Gasteiger partial charge in [-0.05, 0) is 45.6 Å². The largest absolute Gasteiger partial charge is 0.390 e. The average molecular weight is 377 g/mol. The van der Waals surface area contributed by atoms with Crippen LogP contribution in [-0.2, 0) is 0 Å². The van der Waals surface area contributed by atoms with Crippen molar-refractivity contribution in [3.8, 4) is 11.1 Å². The number of hydrogen-bond donors (Lipinski definition) is 2. The molecule has 1 aliphatic carbocycles. The molecule has 1 saturated carbocycles. The summed E-state index contributed by atoms with van der Waals surface area (Å²) in [5.41, 5.74) is 3.46. The Bertz CT molecular complexity index is 1150. The number of nitrogens with one attached hydrogen (secondary N) is 1. The maximum absolute atomic E-state index is 10.1. The third-order valence-electron chi connectivity index (χ3n) is 5.67. The van der Waals surface area contributed by atoms with Crippen molar-refractivity contribution in [2.24, 2.45) is 0 Å². The van der Waals surface area contributed by atoms with Gasteiger partial charge >= 0.3 is 0 Å². The molecule has 4 aromatic heterocycles. The van der Waals surface area contributed by atoms with Gasteiger partial charge in [0.25, 0.3) is 0 Å².